The molecule has 0 aliphatic heterocycles. The molecule has 0 radical (unpaired) electrons. The second-order valence-corrected chi connectivity index (χ2v) is 3.23. The van der Waals surface area contributed by atoms with Gasteiger partial charge in [0, 0.05) is 23.9 Å². The van der Waals surface area contributed by atoms with Crippen molar-refractivity contribution in [1.29, 1.82) is 0 Å². The summed E-state index contributed by atoms with van der Waals surface area (Å²) in [6.07, 6.45) is 5.33. The molecule has 0 unspecified atom stereocenters. The normalized spacial score (nSPS) is 20.9. The third kappa shape index (κ3) is 1.07. The third-order valence-electron chi connectivity index (χ3n) is 2.10. The summed E-state index contributed by atoms with van der Waals surface area (Å²) >= 11 is 0. The van der Waals surface area contributed by atoms with Crippen molar-refractivity contribution in [3.63, 3.8) is 0 Å². The van der Waals surface area contributed by atoms with Crippen LogP contribution >= 0.6 is 0 Å². The van der Waals surface area contributed by atoms with Crippen molar-refractivity contribution in [2.75, 3.05) is 0 Å². The van der Waals surface area contributed by atoms with Gasteiger partial charge in [0.1, 0.15) is 0 Å². The summed E-state index contributed by atoms with van der Waals surface area (Å²) < 4.78 is 0. The van der Waals surface area contributed by atoms with Crippen LogP contribution in [0.5, 0.6) is 0 Å². The largest absolute Gasteiger partial charge is 0.365 e. The summed E-state index contributed by atoms with van der Waals surface area (Å²) in [5.74, 6) is 0. The van der Waals surface area contributed by atoms with E-state index < -0.39 is 0 Å². The van der Waals surface area contributed by atoms with Crippen molar-refractivity contribution >= 4 is 0 Å². The summed E-state index contributed by atoms with van der Waals surface area (Å²) in [7, 11) is 0. The van der Waals surface area contributed by atoms with Crippen LogP contribution in [0.4, 0.5) is 0 Å². The summed E-state index contributed by atoms with van der Waals surface area (Å²) in [6.45, 7) is 0. The number of nitrogens with two attached hydrogens (primary N) is 1. The second-order valence-electron chi connectivity index (χ2n) is 3.23. The molecule has 2 heteroatoms. The molecule has 10 heavy (non-hydrogen) atoms. The number of aromatic nitrogens is 1. The van der Waals surface area contributed by atoms with Gasteiger partial charge in [-0.25, -0.2) is 0 Å². The van der Waals surface area contributed by atoms with Crippen LogP contribution in [0.15, 0.2) is 18.3 Å². The van der Waals surface area contributed by atoms with E-state index in [1.54, 1.807) is 0 Å². The Hall–Kier alpha value is -0.760. The fourth-order valence-electron chi connectivity index (χ4n) is 1.19. The van der Waals surface area contributed by atoms with E-state index in [0.29, 0.717) is 0 Å². The molecule has 1 aromatic heterocycles. The minimum atomic E-state index is 0.144. The standard InChI is InChI=1S/C8H12N2/c9-8(3-4-8)6-7-2-1-5-10-7/h1-2,5,10H,3-4,6,9H2. The number of H-pyrrole nitrogens is 1. The Morgan fingerprint density at radius 2 is 2.40 bits per heavy atom. The van der Waals surface area contributed by atoms with Crippen LogP contribution in [0.2, 0.25) is 0 Å². The van der Waals surface area contributed by atoms with E-state index in [1.807, 2.05) is 12.3 Å². The van der Waals surface area contributed by atoms with Gasteiger partial charge in [-0.3, -0.25) is 0 Å². The van der Waals surface area contributed by atoms with E-state index in [0.717, 1.165) is 6.42 Å². The Morgan fingerprint density at radius 1 is 1.60 bits per heavy atom. The Morgan fingerprint density at radius 3 is 2.90 bits per heavy atom. The van der Waals surface area contributed by atoms with Crippen molar-refractivity contribution in [3.05, 3.63) is 24.0 Å². The molecular weight excluding hydrogens is 124 g/mol. The number of hydrogen-bond acceptors (Lipinski definition) is 1. The Balaban J connectivity index is 2.04. The topological polar surface area (TPSA) is 41.8 Å². The van der Waals surface area contributed by atoms with E-state index >= 15 is 0 Å². The van der Waals surface area contributed by atoms with Crippen molar-refractivity contribution in [2.45, 2.75) is 24.8 Å². The number of rotatable bonds is 2. The zero-order valence-corrected chi connectivity index (χ0v) is 5.93. The molecule has 0 saturated heterocycles. The lowest BCUT2D eigenvalue weighted by Crippen LogP contribution is -2.24. The van der Waals surface area contributed by atoms with E-state index in [1.165, 1.54) is 18.5 Å². The highest BCUT2D eigenvalue weighted by atomic mass is 14.8. The Labute approximate surface area is 60.4 Å². The van der Waals surface area contributed by atoms with Crippen molar-refractivity contribution < 1.29 is 0 Å². The SMILES string of the molecule is NC1(Cc2ccc[nH]2)CC1. The van der Waals surface area contributed by atoms with Gasteiger partial charge in [0.25, 0.3) is 0 Å². The molecule has 0 spiro atoms. The molecule has 54 valence electrons. The van der Waals surface area contributed by atoms with Crippen molar-refractivity contribution in [3.8, 4) is 0 Å². The molecule has 1 aliphatic carbocycles. The molecule has 1 fully saturated rings. The maximum Gasteiger partial charge on any atom is 0.0210 e. The molecule has 1 aromatic rings. The zero-order valence-electron chi connectivity index (χ0n) is 5.93. The molecule has 1 heterocycles. The minimum Gasteiger partial charge on any atom is -0.365 e. The Kier molecular flexibility index (Phi) is 1.11. The first kappa shape index (κ1) is 5.98. The first-order chi connectivity index (χ1) is 4.79. The van der Waals surface area contributed by atoms with Gasteiger partial charge in [-0.1, -0.05) is 0 Å². The molecule has 0 atom stereocenters. The van der Waals surface area contributed by atoms with E-state index in [-0.39, 0.29) is 5.54 Å². The predicted molar refractivity (Wildman–Crippen MR) is 40.6 cm³/mol. The van der Waals surface area contributed by atoms with Gasteiger partial charge >= 0.3 is 0 Å². The van der Waals surface area contributed by atoms with Crippen LogP contribution in [0.3, 0.4) is 0 Å². The molecule has 0 bridgehead atoms. The van der Waals surface area contributed by atoms with Crippen LogP contribution in [-0.2, 0) is 6.42 Å². The van der Waals surface area contributed by atoms with Gasteiger partial charge in [-0.15, -0.1) is 0 Å². The second kappa shape index (κ2) is 1.86. The van der Waals surface area contributed by atoms with Crippen LogP contribution in [-0.4, -0.2) is 10.5 Å². The quantitative estimate of drug-likeness (QED) is 0.627. The van der Waals surface area contributed by atoms with Gasteiger partial charge in [0.2, 0.25) is 0 Å². The van der Waals surface area contributed by atoms with Crippen molar-refractivity contribution in [1.82, 2.24) is 4.98 Å². The van der Waals surface area contributed by atoms with Gasteiger partial charge in [0.05, 0.1) is 0 Å². The molecule has 0 aromatic carbocycles. The third-order valence-corrected chi connectivity index (χ3v) is 2.10. The van der Waals surface area contributed by atoms with Gasteiger partial charge in [0.15, 0.2) is 0 Å². The average Bonchev–Trinajstić information content (AvgIpc) is 2.47. The van der Waals surface area contributed by atoms with E-state index in [9.17, 15) is 0 Å². The van der Waals surface area contributed by atoms with Crippen molar-refractivity contribution in [2.24, 2.45) is 5.73 Å². The fourth-order valence-corrected chi connectivity index (χ4v) is 1.19. The first-order valence-corrected chi connectivity index (χ1v) is 3.70. The van der Waals surface area contributed by atoms with Gasteiger partial charge < -0.3 is 10.7 Å². The lowest BCUT2D eigenvalue weighted by molar-refractivity contribution is 0.662. The van der Waals surface area contributed by atoms with Crippen LogP contribution in [0, 0.1) is 0 Å². The minimum absolute atomic E-state index is 0.144. The van der Waals surface area contributed by atoms with Gasteiger partial charge in [-0.05, 0) is 25.0 Å². The molecule has 2 nitrogen and oxygen atoms in total. The molecule has 1 aliphatic rings. The van der Waals surface area contributed by atoms with Crippen LogP contribution in [0.25, 0.3) is 0 Å². The lowest BCUT2D eigenvalue weighted by Gasteiger charge is -2.04. The number of nitrogens with one attached hydrogen (secondary N) is 1. The highest BCUT2D eigenvalue weighted by molar-refractivity contribution is 5.13. The summed E-state index contributed by atoms with van der Waals surface area (Å²) in [5.41, 5.74) is 7.33. The monoisotopic (exact) mass is 136 g/mol. The summed E-state index contributed by atoms with van der Waals surface area (Å²) in [5, 5.41) is 0. The van der Waals surface area contributed by atoms with Crippen LogP contribution in [0.1, 0.15) is 18.5 Å². The maximum atomic E-state index is 5.92. The highest BCUT2D eigenvalue weighted by Gasteiger charge is 2.38. The van der Waals surface area contributed by atoms with Gasteiger partial charge in [-0.2, -0.15) is 0 Å². The predicted octanol–water partition coefficient (Wildman–Crippen LogP) is 1.05. The van der Waals surface area contributed by atoms with Crippen LogP contribution < -0.4 is 5.73 Å². The lowest BCUT2D eigenvalue weighted by atomic mass is 10.1. The molecular formula is C8H12N2. The average molecular weight is 136 g/mol. The summed E-state index contributed by atoms with van der Waals surface area (Å²) in [4.78, 5) is 3.15. The highest BCUT2D eigenvalue weighted by Crippen LogP contribution is 2.34. The molecule has 0 amide bonds. The fraction of sp³-hybridized carbons (Fsp3) is 0.500. The maximum absolute atomic E-state index is 5.92. The summed E-state index contributed by atoms with van der Waals surface area (Å²) in [6, 6.07) is 4.11. The smallest absolute Gasteiger partial charge is 0.0210 e. The molecule has 2 rings (SSSR count). The van der Waals surface area contributed by atoms with E-state index in [4.69, 9.17) is 5.73 Å². The van der Waals surface area contributed by atoms with E-state index in [2.05, 4.69) is 11.1 Å². The number of hydrogen-bond donors (Lipinski definition) is 2. The zero-order chi connectivity index (χ0) is 7.03. The number of aromatic amines is 1. The molecule has 3 N–H and O–H groups in total. The molecule has 1 saturated carbocycles. The Bertz CT molecular complexity index is 209. The first-order valence-electron chi connectivity index (χ1n) is 3.70.